The van der Waals surface area contributed by atoms with E-state index in [0.717, 1.165) is 43.4 Å². The number of aromatic carboxylic acids is 1. The molecule has 0 radical (unpaired) electrons. The van der Waals surface area contributed by atoms with Crippen molar-refractivity contribution in [1.29, 1.82) is 10.5 Å². The molecule has 4 aromatic carbocycles. The first-order chi connectivity index (χ1) is 22.8. The number of carbonyl (C=O) groups excluding carboxylic acids is 1. The van der Waals surface area contributed by atoms with Gasteiger partial charge < -0.3 is 14.9 Å². The van der Waals surface area contributed by atoms with Crippen LogP contribution in [0.3, 0.4) is 0 Å². The highest BCUT2D eigenvalue weighted by atomic mass is 35.5. The van der Waals surface area contributed by atoms with Crippen molar-refractivity contribution >= 4 is 35.1 Å². The van der Waals surface area contributed by atoms with Gasteiger partial charge in [0.1, 0.15) is 58.0 Å². The molecule has 0 aliphatic heterocycles. The number of nitriles is 2. The molecule has 0 atom stereocenters. The number of phenolic OH excluding ortho intramolecular Hbond substituents is 1. The molecule has 50 heavy (non-hydrogen) atoms. The van der Waals surface area contributed by atoms with Crippen LogP contribution in [0.25, 0.3) is 0 Å². The molecule has 0 saturated carbocycles. The van der Waals surface area contributed by atoms with Gasteiger partial charge >= 0.3 is 11.9 Å². The van der Waals surface area contributed by atoms with E-state index < -0.39 is 52.1 Å². The van der Waals surface area contributed by atoms with Crippen LogP contribution in [-0.4, -0.2) is 27.5 Å². The van der Waals surface area contributed by atoms with E-state index in [4.69, 9.17) is 48.7 Å². The number of esters is 1. The molecule has 2 N–H and O–H groups in total. The average Bonchev–Trinajstić information content (AvgIpc) is 3.03. The predicted octanol–water partition coefficient (Wildman–Crippen LogP) is 10.6. The van der Waals surface area contributed by atoms with Crippen LogP contribution >= 0.6 is 23.2 Å². The third-order valence-corrected chi connectivity index (χ3v) is 5.94. The lowest BCUT2D eigenvalue weighted by molar-refractivity contribution is 0.0694. The molecule has 0 fully saturated rings. The molecule has 0 spiro atoms. The number of hydrogen-bond donors (Lipinski definition) is 2. The first kappa shape index (κ1) is 47.0. The molecule has 4 aromatic rings. The number of carboxylic acid groups (broad SMARTS) is 1. The summed E-state index contributed by atoms with van der Waals surface area (Å²) in [6, 6.07) is 19.6. The van der Waals surface area contributed by atoms with Gasteiger partial charge in [0.2, 0.25) is 0 Å². The number of hydrogen-bond acceptors (Lipinski definition) is 6. The van der Waals surface area contributed by atoms with Gasteiger partial charge in [-0.15, -0.1) is 23.2 Å². The zero-order valence-electron chi connectivity index (χ0n) is 25.7. The van der Waals surface area contributed by atoms with E-state index >= 15 is 0 Å². The summed E-state index contributed by atoms with van der Waals surface area (Å²) in [5.41, 5.74) is 1.54. The van der Waals surface area contributed by atoms with Crippen molar-refractivity contribution in [2.75, 3.05) is 5.34 Å². The molecule has 0 bridgehead atoms. The van der Waals surface area contributed by atoms with Crippen molar-refractivity contribution in [3.05, 3.63) is 129 Å². The monoisotopic (exact) mass is 736 g/mol. The summed E-state index contributed by atoms with van der Waals surface area (Å²) in [6.07, 6.45) is 4.00. The lowest BCUT2D eigenvalue weighted by Gasteiger charge is -2.06. The maximum atomic E-state index is 13.4. The number of aromatic hydroxyl groups is 1. The molecule has 4 rings (SSSR count). The fourth-order valence-electron chi connectivity index (χ4n) is 3.75. The third-order valence-electron chi connectivity index (χ3n) is 5.94. The van der Waals surface area contributed by atoms with Crippen molar-refractivity contribution in [1.82, 2.24) is 0 Å². The minimum atomic E-state index is -1.07. The van der Waals surface area contributed by atoms with Crippen molar-refractivity contribution in [3.63, 3.8) is 0 Å². The molecule has 0 saturated heterocycles. The number of aryl methyl sites for hydroxylation is 2. The lowest BCUT2D eigenvalue weighted by atomic mass is 10.1. The van der Waals surface area contributed by atoms with Crippen LogP contribution in [-0.2, 0) is 12.8 Å². The van der Waals surface area contributed by atoms with Crippen molar-refractivity contribution < 1.29 is 42.1 Å². The zero-order valence-corrected chi connectivity index (χ0v) is 27.3. The second-order valence-corrected chi connectivity index (χ2v) is 10.3. The maximum absolute atomic E-state index is 13.4. The lowest BCUT2D eigenvalue weighted by Crippen LogP contribution is -2.09. The normalized spacial score (nSPS) is 9.16. The summed E-state index contributed by atoms with van der Waals surface area (Å²) in [7, 11) is 0. The molecule has 0 amide bonds. The van der Waals surface area contributed by atoms with E-state index in [0.29, 0.717) is 17.7 Å². The number of benzene rings is 4. The molecule has 0 aliphatic rings. The topological polar surface area (TPSA) is 131 Å². The van der Waals surface area contributed by atoms with Crippen LogP contribution in [0.15, 0.2) is 72.8 Å². The van der Waals surface area contributed by atoms with Crippen LogP contribution in [0.2, 0.25) is 0 Å². The van der Waals surface area contributed by atoms with Gasteiger partial charge in [0.15, 0.2) is 0 Å². The van der Waals surface area contributed by atoms with Gasteiger partial charge in [0.05, 0.1) is 16.5 Å². The second-order valence-electron chi connectivity index (χ2n) is 9.46. The highest BCUT2D eigenvalue weighted by molar-refractivity contribution is 6.40. The maximum Gasteiger partial charge on any atom is 0.343 e. The summed E-state index contributed by atoms with van der Waals surface area (Å²) < 4.78 is 56.8. The number of rotatable bonds is 7. The van der Waals surface area contributed by atoms with Crippen LogP contribution < -0.4 is 4.74 Å². The third kappa shape index (κ3) is 15.9. The number of alkyl halides is 2. The number of carboxylic acids is 1. The molecule has 13 heteroatoms. The van der Waals surface area contributed by atoms with E-state index in [1.54, 1.807) is 36.4 Å². The minimum absolute atomic E-state index is 0. The second kappa shape index (κ2) is 25.0. The van der Waals surface area contributed by atoms with Gasteiger partial charge in [-0.1, -0.05) is 65.8 Å². The Labute approximate surface area is 299 Å². The highest BCUT2D eigenvalue weighted by Gasteiger charge is 2.15. The number of phenols is 1. The van der Waals surface area contributed by atoms with Gasteiger partial charge in [-0.3, -0.25) is 0 Å². The molecular formula is C37H38Cl2F4N2O5. The van der Waals surface area contributed by atoms with Crippen molar-refractivity contribution in [2.45, 2.75) is 54.4 Å². The largest absolute Gasteiger partial charge is 0.508 e. The molecule has 0 aromatic heterocycles. The Morgan fingerprint density at radius 2 is 1.04 bits per heavy atom. The van der Waals surface area contributed by atoms with Gasteiger partial charge in [0, 0.05) is 24.3 Å². The molecular weight excluding hydrogens is 699 g/mol. The molecule has 268 valence electrons. The summed E-state index contributed by atoms with van der Waals surface area (Å²) in [4.78, 5) is 22.4. The smallest absolute Gasteiger partial charge is 0.343 e. The number of nitrogens with zero attached hydrogens (tertiary/aromatic N) is 2. The van der Waals surface area contributed by atoms with Crippen molar-refractivity contribution in [3.8, 4) is 23.6 Å². The summed E-state index contributed by atoms with van der Waals surface area (Å²) in [5.74, 6) is -6.62. The van der Waals surface area contributed by atoms with Crippen molar-refractivity contribution in [2.24, 2.45) is 0 Å². The molecule has 0 heterocycles. The number of carbonyl (C=O) groups is 2. The summed E-state index contributed by atoms with van der Waals surface area (Å²) in [5, 5.41) is 34.2. The Morgan fingerprint density at radius 1 is 0.700 bits per heavy atom. The quantitative estimate of drug-likeness (QED) is 0.0835. The van der Waals surface area contributed by atoms with Gasteiger partial charge in [0.25, 0.3) is 0 Å². The zero-order chi connectivity index (χ0) is 36.2. The van der Waals surface area contributed by atoms with Crippen LogP contribution in [0.1, 0.15) is 84.5 Å². The van der Waals surface area contributed by atoms with E-state index in [-0.39, 0.29) is 31.5 Å². The Kier molecular flexibility index (Phi) is 23.5. The number of halogens is 6. The van der Waals surface area contributed by atoms with E-state index in [9.17, 15) is 27.2 Å². The van der Waals surface area contributed by atoms with Crippen LogP contribution in [0.5, 0.6) is 11.5 Å². The summed E-state index contributed by atoms with van der Waals surface area (Å²) in [6.45, 7) is 4.15. The Bertz CT molecular complexity index is 1700. The Balaban J connectivity index is 0. The highest BCUT2D eigenvalue weighted by Crippen LogP contribution is 2.21. The first-order valence-corrected chi connectivity index (χ1v) is 15.1. The Hall–Kier alpha value is -5.10. The van der Waals surface area contributed by atoms with E-state index in [2.05, 4.69) is 13.8 Å². The Morgan fingerprint density at radius 3 is 1.36 bits per heavy atom. The predicted molar refractivity (Wildman–Crippen MR) is 187 cm³/mol. The fourth-order valence-corrected chi connectivity index (χ4v) is 3.75. The molecule has 0 aliphatic carbocycles. The molecule has 7 nitrogen and oxygen atoms in total. The molecule has 0 unspecified atom stereocenters. The SMILES string of the molecule is C.C.CCCc1ccc(C(=O)O)cc1.CCCc1ccc(C(=O)Oc2cc(F)c(C#N)c(F)c2)cc1.ClCCl.N#Cc1c(F)cc(O)cc1F. The van der Waals surface area contributed by atoms with Gasteiger partial charge in [-0.25, -0.2) is 27.2 Å². The minimum Gasteiger partial charge on any atom is -0.508 e. The average molecular weight is 738 g/mol. The standard InChI is InChI=1S/C17H13F2NO2.C10H12O2.C7H3F2NO.CH2Cl2.2CH4/c1-2-3-11-4-6-12(7-5-11)17(21)22-13-8-15(18)14(10-20)16(19)9-13;1-2-3-8-4-6-9(7-5-8)10(11)12;8-6-1-4(11)2-7(9)5(6)3-10;2-1-3;;/h4-9H,2-3H2,1H3;4-7H,2-3H2,1H3,(H,11,12);1-2,11H;1H2;2*1H4. The van der Waals surface area contributed by atoms with E-state index in [1.165, 1.54) is 17.7 Å². The summed E-state index contributed by atoms with van der Waals surface area (Å²) >= 11 is 9.53. The fraction of sp³-hybridized carbons (Fsp3) is 0.243. The van der Waals surface area contributed by atoms with Crippen LogP contribution in [0.4, 0.5) is 17.6 Å². The van der Waals surface area contributed by atoms with Gasteiger partial charge in [-0.05, 0) is 48.2 Å². The van der Waals surface area contributed by atoms with Crippen LogP contribution in [0, 0.1) is 45.9 Å². The van der Waals surface area contributed by atoms with E-state index in [1.807, 2.05) is 12.1 Å². The number of ether oxygens (including phenoxy) is 1. The first-order valence-electron chi connectivity index (χ1n) is 14.1. The van der Waals surface area contributed by atoms with Gasteiger partial charge in [-0.2, -0.15) is 10.5 Å².